The Kier molecular flexibility index (Phi) is 10.2. The van der Waals surface area contributed by atoms with Gasteiger partial charge in [-0.25, -0.2) is 4.39 Å². The van der Waals surface area contributed by atoms with Crippen molar-refractivity contribution in [3.8, 4) is 11.3 Å². The molecule has 0 unspecified atom stereocenters. The minimum Gasteiger partial charge on any atom is -0.353 e. The number of likely N-dealkylation sites (N-methyl/N-ethyl adjacent to an activating group) is 1. The zero-order valence-electron chi connectivity index (χ0n) is 23.7. The Morgan fingerprint density at radius 3 is 2.30 bits per heavy atom. The topological polar surface area (TPSA) is 72.9 Å². The molecule has 0 bridgehead atoms. The molecule has 0 saturated carbocycles. The van der Waals surface area contributed by atoms with Crippen molar-refractivity contribution in [2.24, 2.45) is 0 Å². The van der Waals surface area contributed by atoms with E-state index in [1.807, 2.05) is 48.2 Å². The van der Waals surface area contributed by atoms with Gasteiger partial charge in [0, 0.05) is 50.4 Å². The maximum atomic E-state index is 13.5. The van der Waals surface area contributed by atoms with Crippen LogP contribution in [0.15, 0.2) is 60.7 Å². The van der Waals surface area contributed by atoms with Crippen LogP contribution in [-0.2, 0) is 4.79 Å². The summed E-state index contributed by atoms with van der Waals surface area (Å²) in [5.74, 6) is 0.312. The fourth-order valence-corrected chi connectivity index (χ4v) is 4.97. The van der Waals surface area contributed by atoms with Crippen molar-refractivity contribution < 1.29 is 14.0 Å². The van der Waals surface area contributed by atoms with Crippen LogP contribution in [0.5, 0.6) is 0 Å². The fourth-order valence-electron chi connectivity index (χ4n) is 4.97. The first kappa shape index (κ1) is 29.1. The van der Waals surface area contributed by atoms with Crippen LogP contribution in [0, 0.1) is 12.7 Å². The number of anilines is 1. The minimum absolute atomic E-state index is 0.0407. The number of carbonyl (C=O) groups excluding carboxylic acids is 2. The molecule has 1 fully saturated rings. The molecule has 8 nitrogen and oxygen atoms in total. The van der Waals surface area contributed by atoms with E-state index in [4.69, 9.17) is 0 Å². The molecule has 3 aromatic rings. The molecule has 1 aliphatic heterocycles. The SMILES string of the molecule is CCN(CC)CCN(CC(=O)N1CCCN(c2ccc(-c3ccc(F)cc3)nn2)CC1)C(=O)c1ccccc1C. The molecule has 9 heteroatoms. The number of rotatable bonds is 10. The number of nitrogens with zero attached hydrogens (tertiary/aromatic N) is 6. The first-order valence-corrected chi connectivity index (χ1v) is 14.1. The largest absolute Gasteiger partial charge is 0.353 e. The van der Waals surface area contributed by atoms with Crippen LogP contribution in [0.4, 0.5) is 10.2 Å². The zero-order chi connectivity index (χ0) is 28.5. The van der Waals surface area contributed by atoms with Gasteiger partial charge in [-0.3, -0.25) is 9.59 Å². The Labute approximate surface area is 236 Å². The molecular weight excluding hydrogens is 507 g/mol. The van der Waals surface area contributed by atoms with Gasteiger partial charge in [0.1, 0.15) is 12.4 Å². The van der Waals surface area contributed by atoms with E-state index in [2.05, 4.69) is 33.8 Å². The Morgan fingerprint density at radius 1 is 0.875 bits per heavy atom. The number of aryl methyl sites for hydroxylation is 1. The average Bonchev–Trinajstić information content (AvgIpc) is 3.24. The second kappa shape index (κ2) is 14.0. The van der Waals surface area contributed by atoms with Crippen molar-refractivity contribution in [3.63, 3.8) is 0 Å². The van der Waals surface area contributed by atoms with E-state index in [9.17, 15) is 14.0 Å². The van der Waals surface area contributed by atoms with Gasteiger partial charge in [0.25, 0.3) is 5.91 Å². The predicted molar refractivity (Wildman–Crippen MR) is 156 cm³/mol. The van der Waals surface area contributed by atoms with Crippen LogP contribution in [0.25, 0.3) is 11.3 Å². The summed E-state index contributed by atoms with van der Waals surface area (Å²) < 4.78 is 13.2. The van der Waals surface area contributed by atoms with Gasteiger partial charge in [0.15, 0.2) is 5.82 Å². The monoisotopic (exact) mass is 546 g/mol. The van der Waals surface area contributed by atoms with Gasteiger partial charge in [-0.1, -0.05) is 32.0 Å². The third-order valence-corrected chi connectivity index (χ3v) is 7.53. The highest BCUT2D eigenvalue weighted by molar-refractivity contribution is 5.97. The summed E-state index contributed by atoms with van der Waals surface area (Å²) in [4.78, 5) is 34.9. The summed E-state index contributed by atoms with van der Waals surface area (Å²) in [7, 11) is 0. The van der Waals surface area contributed by atoms with Crippen molar-refractivity contribution in [1.82, 2.24) is 24.9 Å². The summed E-state index contributed by atoms with van der Waals surface area (Å²) in [5, 5.41) is 8.74. The van der Waals surface area contributed by atoms with E-state index < -0.39 is 0 Å². The summed E-state index contributed by atoms with van der Waals surface area (Å²) in [5.41, 5.74) is 3.03. The van der Waals surface area contributed by atoms with Gasteiger partial charge < -0.3 is 19.6 Å². The van der Waals surface area contributed by atoms with Crippen LogP contribution in [0.3, 0.4) is 0 Å². The number of halogens is 1. The maximum absolute atomic E-state index is 13.5. The van der Waals surface area contributed by atoms with E-state index in [1.54, 1.807) is 17.0 Å². The first-order chi connectivity index (χ1) is 19.4. The molecule has 1 saturated heterocycles. The second-order valence-corrected chi connectivity index (χ2v) is 10.1. The van der Waals surface area contributed by atoms with Crippen LogP contribution in [-0.4, -0.2) is 95.6 Å². The molecule has 2 amide bonds. The Bertz CT molecular complexity index is 1260. The summed E-state index contributed by atoms with van der Waals surface area (Å²) in [6, 6.07) is 17.5. The van der Waals surface area contributed by atoms with Gasteiger partial charge in [-0.2, -0.15) is 0 Å². The van der Waals surface area contributed by atoms with E-state index in [0.29, 0.717) is 37.4 Å². The number of aromatic nitrogens is 2. The molecule has 0 N–H and O–H groups in total. The number of amides is 2. The lowest BCUT2D eigenvalue weighted by Crippen LogP contribution is -2.46. The van der Waals surface area contributed by atoms with Crippen LogP contribution >= 0.6 is 0 Å². The highest BCUT2D eigenvalue weighted by Crippen LogP contribution is 2.20. The Balaban J connectivity index is 1.40. The van der Waals surface area contributed by atoms with Gasteiger partial charge >= 0.3 is 0 Å². The van der Waals surface area contributed by atoms with Crippen LogP contribution in [0.2, 0.25) is 0 Å². The average molecular weight is 547 g/mol. The molecule has 4 rings (SSSR count). The Hall–Kier alpha value is -3.85. The van der Waals surface area contributed by atoms with Crippen molar-refractivity contribution in [2.75, 3.05) is 63.8 Å². The van der Waals surface area contributed by atoms with E-state index in [-0.39, 0.29) is 24.2 Å². The molecule has 2 heterocycles. The third kappa shape index (κ3) is 7.41. The molecule has 1 aliphatic rings. The lowest BCUT2D eigenvalue weighted by atomic mass is 10.1. The van der Waals surface area contributed by atoms with Crippen LogP contribution in [0.1, 0.15) is 36.2 Å². The molecule has 0 aliphatic carbocycles. The smallest absolute Gasteiger partial charge is 0.254 e. The lowest BCUT2D eigenvalue weighted by molar-refractivity contribution is -0.131. The maximum Gasteiger partial charge on any atom is 0.254 e. The number of hydrogen-bond acceptors (Lipinski definition) is 6. The molecular formula is C31H39FN6O2. The van der Waals surface area contributed by atoms with Gasteiger partial charge in [-0.15, -0.1) is 10.2 Å². The van der Waals surface area contributed by atoms with Crippen molar-refractivity contribution in [1.29, 1.82) is 0 Å². The molecule has 0 atom stereocenters. The molecule has 0 spiro atoms. The molecule has 2 aromatic carbocycles. The Morgan fingerprint density at radius 2 is 1.62 bits per heavy atom. The molecule has 0 radical (unpaired) electrons. The van der Waals surface area contributed by atoms with Gasteiger partial charge in [0.2, 0.25) is 5.91 Å². The highest BCUT2D eigenvalue weighted by atomic mass is 19.1. The summed E-state index contributed by atoms with van der Waals surface area (Å²) in [6.07, 6.45) is 0.790. The standard InChI is InChI=1S/C31H39FN6O2/c1-4-35(5-2)19-20-38(31(40)27-10-7-6-9-24(27)3)23-30(39)37-18-8-17-36(21-22-37)29-16-15-28(33-34-29)25-11-13-26(32)14-12-25/h6-7,9-16H,4-5,8,17-23H2,1-3H3. The number of carbonyl (C=O) groups is 2. The highest BCUT2D eigenvalue weighted by Gasteiger charge is 2.25. The van der Waals surface area contributed by atoms with Crippen LogP contribution < -0.4 is 4.90 Å². The van der Waals surface area contributed by atoms with Gasteiger partial charge in [0.05, 0.1) is 5.69 Å². The van der Waals surface area contributed by atoms with E-state index in [1.165, 1.54) is 12.1 Å². The molecule has 40 heavy (non-hydrogen) atoms. The summed E-state index contributed by atoms with van der Waals surface area (Å²) in [6.45, 7) is 11.7. The van der Waals surface area contributed by atoms with Crippen molar-refractivity contribution in [2.45, 2.75) is 27.2 Å². The second-order valence-electron chi connectivity index (χ2n) is 10.1. The summed E-state index contributed by atoms with van der Waals surface area (Å²) >= 11 is 0. The van der Waals surface area contributed by atoms with Crippen molar-refractivity contribution >= 4 is 17.6 Å². The minimum atomic E-state index is -0.288. The fraction of sp³-hybridized carbons (Fsp3) is 0.419. The van der Waals surface area contributed by atoms with E-state index in [0.717, 1.165) is 49.5 Å². The number of hydrogen-bond donors (Lipinski definition) is 0. The first-order valence-electron chi connectivity index (χ1n) is 14.1. The van der Waals surface area contributed by atoms with Gasteiger partial charge in [-0.05, 0) is 74.5 Å². The van der Waals surface area contributed by atoms with Crippen molar-refractivity contribution in [3.05, 3.63) is 77.6 Å². The zero-order valence-corrected chi connectivity index (χ0v) is 23.7. The predicted octanol–water partition coefficient (Wildman–Crippen LogP) is 4.11. The quantitative estimate of drug-likeness (QED) is 0.381. The normalized spacial score (nSPS) is 13.8. The lowest BCUT2D eigenvalue weighted by Gasteiger charge is -2.29. The third-order valence-electron chi connectivity index (χ3n) is 7.53. The van der Waals surface area contributed by atoms with E-state index >= 15 is 0 Å². The molecule has 212 valence electrons. The molecule has 1 aromatic heterocycles. The number of benzene rings is 2.